The third-order valence-electron chi connectivity index (χ3n) is 14.5. The fourth-order valence-corrected chi connectivity index (χ4v) is 9.34. The number of urea groups is 1. The summed E-state index contributed by atoms with van der Waals surface area (Å²) in [5.41, 5.74) is 10.5. The van der Waals surface area contributed by atoms with Crippen LogP contribution in [0.4, 0.5) is 15.3 Å². The molecular weight excluding hydrogens is 1210 g/mol. The normalized spacial score (nSPS) is 15.1. The van der Waals surface area contributed by atoms with Crippen LogP contribution < -0.4 is 48.7 Å². The van der Waals surface area contributed by atoms with E-state index >= 15 is 0 Å². The molecule has 1 saturated heterocycles. The number of carboxylic acids is 4. The third-order valence-corrected chi connectivity index (χ3v) is 14.5. The molecule has 8 amide bonds. The molecule has 0 spiro atoms. The van der Waals surface area contributed by atoms with Gasteiger partial charge in [-0.2, -0.15) is 0 Å². The van der Waals surface area contributed by atoms with Crippen molar-refractivity contribution in [2.24, 2.45) is 28.2 Å². The van der Waals surface area contributed by atoms with E-state index in [1.54, 1.807) is 57.7 Å². The van der Waals surface area contributed by atoms with Crippen LogP contribution in [0.15, 0.2) is 24.3 Å². The first-order chi connectivity index (χ1) is 43.5. The molecule has 0 bridgehead atoms. The third kappa shape index (κ3) is 37.9. The van der Waals surface area contributed by atoms with Gasteiger partial charge in [-0.3, -0.25) is 62.8 Å². The van der Waals surface area contributed by atoms with Gasteiger partial charge >= 0.3 is 36.0 Å². The summed E-state index contributed by atoms with van der Waals surface area (Å²) in [4.78, 5) is 144. The highest BCUT2D eigenvalue weighted by Gasteiger charge is 2.32. The second-order valence-electron chi connectivity index (χ2n) is 24.5. The fraction of sp³-hybridized carbons (Fsp3) is 0.717. The molecule has 1 unspecified atom stereocenters. The van der Waals surface area contributed by atoms with E-state index in [0.717, 1.165) is 0 Å². The minimum Gasteiger partial charge on any atom is -0.480 e. The Hall–Kier alpha value is -7.33. The first-order valence-corrected chi connectivity index (χ1v) is 31.2. The van der Waals surface area contributed by atoms with Gasteiger partial charge in [0.05, 0.1) is 59.3 Å². The van der Waals surface area contributed by atoms with Crippen LogP contribution in [0.2, 0.25) is 0 Å². The van der Waals surface area contributed by atoms with E-state index in [0.29, 0.717) is 50.5 Å². The molecule has 0 aromatic heterocycles. The molecule has 32 heteroatoms. The van der Waals surface area contributed by atoms with E-state index in [1.165, 1.54) is 0 Å². The molecule has 1 aromatic carbocycles. The monoisotopic (exact) mass is 1310 g/mol. The van der Waals surface area contributed by atoms with Crippen LogP contribution in [0.25, 0.3) is 0 Å². The van der Waals surface area contributed by atoms with Crippen molar-refractivity contribution >= 4 is 71.2 Å². The lowest BCUT2D eigenvalue weighted by atomic mass is 9.93. The molecule has 92 heavy (non-hydrogen) atoms. The second-order valence-corrected chi connectivity index (χ2v) is 24.5. The number of hydrogen-bond acceptors (Lipinski definition) is 20. The first kappa shape index (κ1) is 80.8. The number of amides is 8. The van der Waals surface area contributed by atoms with Crippen molar-refractivity contribution in [2.75, 3.05) is 150 Å². The maximum absolute atomic E-state index is 13.7. The summed E-state index contributed by atoms with van der Waals surface area (Å²) < 4.78 is 21.9. The number of nitrogens with two attached hydrogens (primary N) is 2. The van der Waals surface area contributed by atoms with Gasteiger partial charge in [-0.05, 0) is 55.7 Å². The second kappa shape index (κ2) is 44.3. The van der Waals surface area contributed by atoms with Crippen molar-refractivity contribution in [1.29, 1.82) is 0 Å². The Morgan fingerprint density at radius 2 is 1.07 bits per heavy atom. The number of nitrogens with one attached hydrogen (secondary N) is 7. The summed E-state index contributed by atoms with van der Waals surface area (Å²) in [6, 6.07) is 2.50. The number of hydrogen-bond donors (Lipinski definition) is 13. The lowest BCUT2D eigenvalue weighted by Gasteiger charge is -2.35. The van der Waals surface area contributed by atoms with Crippen molar-refractivity contribution in [2.45, 2.75) is 118 Å². The van der Waals surface area contributed by atoms with Crippen molar-refractivity contribution in [3.63, 3.8) is 0 Å². The van der Waals surface area contributed by atoms with Crippen LogP contribution in [0.5, 0.6) is 0 Å². The quantitative estimate of drug-likeness (QED) is 0.0366. The molecule has 0 saturated carbocycles. The van der Waals surface area contributed by atoms with Crippen LogP contribution in [-0.4, -0.2) is 268 Å². The average molecular weight is 1310 g/mol. The lowest BCUT2D eigenvalue weighted by molar-refractivity contribution is -0.145. The number of anilines is 1. The summed E-state index contributed by atoms with van der Waals surface area (Å²) in [7, 11) is 0. The molecule has 1 aromatic rings. The summed E-state index contributed by atoms with van der Waals surface area (Å²) in [6.45, 7) is 14.2. The standard InChI is InChI=1S/C60H103N13O19/c1-42(2)53(55(84)68-45(10-9-20-63-57(62)87)54(83)67-44-15-13-43(14-16-44)37-92-58(88)64-21-31-90-33-32-89-30-19-61)69-49(76)12-8-7-11-47(74)65-38-59(3,4)40-91-41-60(5,6)39-66-48(75)18-17-46(56(85)86)73-28-26-71(35-51(79)80)24-22-70(34-50(77)78)23-25-72(27-29-73)36-52(81)82/h13-16,42,45-46,53H,7-12,17-41,61H2,1-6H3,(H,64,88)(H,65,74)(H,66,75)(H,67,83)(H,68,84)(H,69,76)(H,77,78)(H,79,80)(H,81,82)(H,85,86)(H3,62,63,87)/t45-,46?,53-/m0/s1. The maximum atomic E-state index is 13.7. The number of aliphatic carboxylic acids is 4. The van der Waals surface area contributed by atoms with Gasteiger partial charge < -0.3 is 88.1 Å². The number of carboxylic acid groups (broad SMARTS) is 4. The van der Waals surface area contributed by atoms with E-state index in [4.69, 9.17) is 30.4 Å². The highest BCUT2D eigenvalue weighted by atomic mass is 16.6. The Morgan fingerprint density at radius 3 is 1.55 bits per heavy atom. The molecule has 1 aliphatic heterocycles. The highest BCUT2D eigenvalue weighted by Crippen LogP contribution is 2.20. The highest BCUT2D eigenvalue weighted by molar-refractivity contribution is 5.98. The molecule has 15 N–H and O–H groups in total. The summed E-state index contributed by atoms with van der Waals surface area (Å²) in [5, 5.41) is 58.1. The Morgan fingerprint density at radius 1 is 0.565 bits per heavy atom. The Balaban J connectivity index is 1.85. The molecule has 1 aliphatic rings. The van der Waals surface area contributed by atoms with E-state index in [9.17, 15) is 73.2 Å². The first-order valence-electron chi connectivity index (χ1n) is 31.2. The van der Waals surface area contributed by atoms with E-state index in [-0.39, 0.29) is 175 Å². The average Bonchev–Trinajstić information content (AvgIpc) is 1.41. The van der Waals surface area contributed by atoms with Gasteiger partial charge in [-0.25, -0.2) is 9.59 Å². The Kier molecular flexibility index (Phi) is 38.9. The van der Waals surface area contributed by atoms with Gasteiger partial charge in [0.15, 0.2) is 0 Å². The van der Waals surface area contributed by atoms with Crippen molar-refractivity contribution < 1.29 is 92.1 Å². The van der Waals surface area contributed by atoms with Gasteiger partial charge in [0.2, 0.25) is 29.5 Å². The number of carbonyl (C=O) groups is 11. The van der Waals surface area contributed by atoms with E-state index < -0.39 is 88.6 Å². The number of benzene rings is 1. The molecule has 2 rings (SSSR count). The summed E-state index contributed by atoms with van der Waals surface area (Å²) in [5.74, 6) is -7.16. The minimum absolute atomic E-state index is 0.0177. The topological polar surface area (TPSA) is 455 Å². The zero-order chi connectivity index (χ0) is 68.7. The molecule has 0 aliphatic carbocycles. The van der Waals surface area contributed by atoms with Gasteiger partial charge in [0.1, 0.15) is 24.7 Å². The van der Waals surface area contributed by atoms with Crippen molar-refractivity contribution in [3.05, 3.63) is 29.8 Å². The van der Waals surface area contributed by atoms with Gasteiger partial charge in [0, 0.05) is 121 Å². The molecule has 1 heterocycles. The van der Waals surface area contributed by atoms with Crippen molar-refractivity contribution in [3.8, 4) is 0 Å². The zero-order valence-electron chi connectivity index (χ0n) is 54.4. The van der Waals surface area contributed by atoms with Crippen LogP contribution in [0.3, 0.4) is 0 Å². The number of ether oxygens (including phenoxy) is 4. The summed E-state index contributed by atoms with van der Waals surface area (Å²) >= 11 is 0. The Labute approximate surface area is 538 Å². The lowest BCUT2D eigenvalue weighted by Crippen LogP contribution is -2.54. The van der Waals surface area contributed by atoms with Gasteiger partial charge in [-0.1, -0.05) is 53.7 Å². The SMILES string of the molecule is CC(C)[C@H](NC(=O)CCCCC(=O)NCC(C)(C)COCC(C)(C)CNC(=O)CCC(C(=O)O)N1CCN(CC(=O)O)CCN(CC(=O)O)CCN(CC(=O)O)CC1)C(=O)N[C@@H](CCCNC(N)=O)C(=O)Nc1ccc(COC(=O)NCCOCCOCCN)cc1. The number of primary amides is 1. The number of rotatable bonds is 44. The predicted octanol–water partition coefficient (Wildman–Crippen LogP) is -0.512. The number of unbranched alkanes of at least 4 members (excludes halogenated alkanes) is 1. The van der Waals surface area contributed by atoms with Crippen molar-refractivity contribution in [1.82, 2.24) is 51.5 Å². The van der Waals surface area contributed by atoms with E-state index in [1.807, 2.05) is 27.7 Å². The van der Waals surface area contributed by atoms with Crippen LogP contribution in [0.1, 0.15) is 98.5 Å². The van der Waals surface area contributed by atoms with E-state index in [2.05, 4.69) is 37.2 Å². The molecule has 1 fully saturated rings. The largest absolute Gasteiger partial charge is 0.480 e. The number of carbonyl (C=O) groups excluding carboxylic acids is 7. The van der Waals surface area contributed by atoms with Crippen LogP contribution in [-0.2, 0) is 68.7 Å². The molecular formula is C60H103N13O19. The molecule has 522 valence electrons. The van der Waals surface area contributed by atoms with Gasteiger partial charge in [0.25, 0.3) is 0 Å². The molecule has 3 atom stereocenters. The maximum Gasteiger partial charge on any atom is 0.407 e. The molecule has 32 nitrogen and oxygen atoms in total. The predicted molar refractivity (Wildman–Crippen MR) is 337 cm³/mol. The number of nitrogens with zero attached hydrogens (tertiary/aromatic N) is 4. The zero-order valence-corrected chi connectivity index (χ0v) is 54.4. The molecule has 0 radical (unpaired) electrons. The van der Waals surface area contributed by atoms with Crippen LogP contribution in [0, 0.1) is 16.7 Å². The number of alkyl carbamates (subject to hydrolysis) is 1. The minimum atomic E-state index is -1.21. The smallest absolute Gasteiger partial charge is 0.407 e. The van der Waals surface area contributed by atoms with Crippen LogP contribution >= 0.6 is 0 Å². The fourth-order valence-electron chi connectivity index (χ4n) is 9.34. The van der Waals surface area contributed by atoms with Gasteiger partial charge in [-0.15, -0.1) is 0 Å². The summed E-state index contributed by atoms with van der Waals surface area (Å²) in [6.07, 6.45) is 0.330. The Bertz CT molecular complexity index is 2440.